The SMILES string of the molecule is Cl.O=C1N[C@H](c2cc3c(cc2Br)OCO3)C(F)(F)CO1. The Morgan fingerprint density at radius 2 is 1.90 bits per heavy atom. The molecular weight excluding hydrogens is 363 g/mol. The zero-order valence-electron chi connectivity index (χ0n) is 9.82. The van der Waals surface area contributed by atoms with Gasteiger partial charge in [0.05, 0.1) is 0 Å². The zero-order chi connectivity index (χ0) is 13.6. The minimum atomic E-state index is -3.20. The summed E-state index contributed by atoms with van der Waals surface area (Å²) >= 11 is 3.20. The molecule has 20 heavy (non-hydrogen) atoms. The van der Waals surface area contributed by atoms with E-state index in [1.54, 1.807) is 0 Å². The topological polar surface area (TPSA) is 56.8 Å². The second-order valence-electron chi connectivity index (χ2n) is 4.14. The lowest BCUT2D eigenvalue weighted by atomic mass is 9.99. The minimum absolute atomic E-state index is 0. The molecule has 2 aliphatic rings. The molecule has 2 aliphatic heterocycles. The van der Waals surface area contributed by atoms with Gasteiger partial charge in [0.25, 0.3) is 0 Å². The van der Waals surface area contributed by atoms with Gasteiger partial charge in [0.1, 0.15) is 6.04 Å². The van der Waals surface area contributed by atoms with Crippen molar-refractivity contribution in [2.75, 3.05) is 13.4 Å². The van der Waals surface area contributed by atoms with Gasteiger partial charge >= 0.3 is 12.0 Å². The average molecular weight is 373 g/mol. The number of cyclic esters (lactones) is 1. The molecule has 0 saturated carbocycles. The number of halogens is 4. The van der Waals surface area contributed by atoms with Gasteiger partial charge in [0, 0.05) is 4.47 Å². The van der Waals surface area contributed by atoms with Gasteiger partial charge in [-0.25, -0.2) is 13.6 Å². The molecule has 9 heteroatoms. The van der Waals surface area contributed by atoms with Crippen molar-refractivity contribution in [1.82, 2.24) is 5.32 Å². The first-order chi connectivity index (χ1) is 8.97. The van der Waals surface area contributed by atoms with Crippen molar-refractivity contribution in [2.24, 2.45) is 0 Å². The Hall–Kier alpha value is -1.28. The van der Waals surface area contributed by atoms with E-state index in [0.717, 1.165) is 0 Å². The van der Waals surface area contributed by atoms with Crippen LogP contribution in [0.2, 0.25) is 0 Å². The molecule has 0 aromatic heterocycles. The van der Waals surface area contributed by atoms with E-state index in [2.05, 4.69) is 26.0 Å². The van der Waals surface area contributed by atoms with E-state index in [0.29, 0.717) is 16.0 Å². The maximum absolute atomic E-state index is 13.8. The lowest BCUT2D eigenvalue weighted by Crippen LogP contribution is -2.49. The fraction of sp³-hybridized carbons (Fsp3) is 0.364. The smallest absolute Gasteiger partial charge is 0.408 e. The Kier molecular flexibility index (Phi) is 3.97. The van der Waals surface area contributed by atoms with Crippen LogP contribution in [0.1, 0.15) is 11.6 Å². The highest BCUT2D eigenvalue weighted by molar-refractivity contribution is 9.10. The first kappa shape index (κ1) is 15.1. The predicted molar refractivity (Wildman–Crippen MR) is 69.7 cm³/mol. The third-order valence-corrected chi connectivity index (χ3v) is 3.57. The van der Waals surface area contributed by atoms with Crippen molar-refractivity contribution >= 4 is 34.4 Å². The summed E-state index contributed by atoms with van der Waals surface area (Å²) in [5, 5.41) is 2.12. The number of hydrogen-bond donors (Lipinski definition) is 1. The molecule has 0 bridgehead atoms. The van der Waals surface area contributed by atoms with E-state index in [9.17, 15) is 13.6 Å². The van der Waals surface area contributed by atoms with Gasteiger partial charge in [0.15, 0.2) is 18.1 Å². The highest BCUT2D eigenvalue weighted by Crippen LogP contribution is 2.43. The molecule has 3 rings (SSSR count). The van der Waals surface area contributed by atoms with Crippen LogP contribution in [0.15, 0.2) is 16.6 Å². The maximum atomic E-state index is 13.8. The zero-order valence-corrected chi connectivity index (χ0v) is 12.2. The summed E-state index contributed by atoms with van der Waals surface area (Å²) in [6.07, 6.45) is -0.875. The second kappa shape index (κ2) is 5.25. The number of amides is 1. The van der Waals surface area contributed by atoms with Crippen LogP contribution in [0, 0.1) is 0 Å². The molecular formula is C11H9BrClF2NO4. The Labute approximate surface area is 127 Å². The van der Waals surface area contributed by atoms with Crippen molar-refractivity contribution in [3.63, 3.8) is 0 Å². The summed E-state index contributed by atoms with van der Waals surface area (Å²) in [7, 11) is 0. The van der Waals surface area contributed by atoms with E-state index in [-0.39, 0.29) is 24.8 Å². The van der Waals surface area contributed by atoms with E-state index in [4.69, 9.17) is 9.47 Å². The van der Waals surface area contributed by atoms with E-state index >= 15 is 0 Å². The van der Waals surface area contributed by atoms with E-state index in [1.165, 1.54) is 12.1 Å². The number of hydrogen-bond acceptors (Lipinski definition) is 4. The normalized spacial score (nSPS) is 22.6. The Morgan fingerprint density at radius 3 is 2.60 bits per heavy atom. The Bertz CT molecular complexity index is 557. The van der Waals surface area contributed by atoms with Crippen LogP contribution in [0.25, 0.3) is 0 Å². The fourth-order valence-electron chi connectivity index (χ4n) is 1.97. The van der Waals surface area contributed by atoms with Crippen LogP contribution < -0.4 is 14.8 Å². The van der Waals surface area contributed by atoms with Gasteiger partial charge in [-0.2, -0.15) is 0 Å². The van der Waals surface area contributed by atoms with Crippen LogP contribution in [0.5, 0.6) is 11.5 Å². The van der Waals surface area contributed by atoms with Gasteiger partial charge in [-0.3, -0.25) is 0 Å². The predicted octanol–water partition coefficient (Wildman–Crippen LogP) is 3.02. The van der Waals surface area contributed by atoms with E-state index < -0.39 is 24.7 Å². The minimum Gasteiger partial charge on any atom is -0.454 e. The summed E-state index contributed by atoms with van der Waals surface area (Å²) < 4.78 is 42.7. The molecule has 0 aliphatic carbocycles. The van der Waals surface area contributed by atoms with Gasteiger partial charge < -0.3 is 19.5 Å². The lowest BCUT2D eigenvalue weighted by molar-refractivity contribution is -0.104. The summed E-state index contributed by atoms with van der Waals surface area (Å²) in [5.74, 6) is -2.36. The number of carbonyl (C=O) groups excluding carboxylic acids is 1. The molecule has 110 valence electrons. The third-order valence-electron chi connectivity index (χ3n) is 2.88. The molecule has 0 radical (unpaired) electrons. The number of ether oxygens (including phenoxy) is 3. The number of nitrogens with one attached hydrogen (secondary N) is 1. The number of fused-ring (bicyclic) bond motifs is 1. The van der Waals surface area contributed by atoms with Crippen molar-refractivity contribution < 1.29 is 27.8 Å². The quantitative estimate of drug-likeness (QED) is 0.823. The highest BCUT2D eigenvalue weighted by Gasteiger charge is 2.47. The highest BCUT2D eigenvalue weighted by atomic mass is 79.9. The van der Waals surface area contributed by atoms with Gasteiger partial charge in [-0.1, -0.05) is 15.9 Å². The molecule has 2 heterocycles. The number of rotatable bonds is 1. The number of carbonyl (C=O) groups is 1. The van der Waals surface area contributed by atoms with Crippen LogP contribution >= 0.6 is 28.3 Å². The van der Waals surface area contributed by atoms with E-state index in [1.807, 2.05) is 0 Å². The molecule has 1 aromatic rings. The number of alkyl halides is 2. The van der Waals surface area contributed by atoms with Crippen LogP contribution in [-0.2, 0) is 4.74 Å². The van der Waals surface area contributed by atoms with Crippen molar-refractivity contribution in [3.05, 3.63) is 22.2 Å². The summed E-state index contributed by atoms with van der Waals surface area (Å²) in [6.45, 7) is -0.911. The van der Waals surface area contributed by atoms with Gasteiger partial charge in [-0.15, -0.1) is 12.4 Å². The monoisotopic (exact) mass is 371 g/mol. The lowest BCUT2D eigenvalue weighted by Gasteiger charge is -2.32. The summed E-state index contributed by atoms with van der Waals surface area (Å²) in [4.78, 5) is 11.1. The molecule has 1 N–H and O–H groups in total. The molecule has 1 saturated heterocycles. The molecule has 0 unspecified atom stereocenters. The molecule has 1 atom stereocenters. The van der Waals surface area contributed by atoms with Gasteiger partial charge in [-0.05, 0) is 17.7 Å². The van der Waals surface area contributed by atoms with Crippen LogP contribution in [-0.4, -0.2) is 25.4 Å². The van der Waals surface area contributed by atoms with Crippen molar-refractivity contribution in [3.8, 4) is 11.5 Å². The Morgan fingerprint density at radius 1 is 1.25 bits per heavy atom. The number of alkyl carbamates (subject to hydrolysis) is 1. The second-order valence-corrected chi connectivity index (χ2v) is 5.00. The number of benzene rings is 1. The fourth-order valence-corrected chi connectivity index (χ4v) is 2.52. The van der Waals surface area contributed by atoms with Gasteiger partial charge in [0.2, 0.25) is 6.79 Å². The first-order valence-electron chi connectivity index (χ1n) is 5.37. The molecule has 0 spiro atoms. The first-order valence-corrected chi connectivity index (χ1v) is 6.17. The van der Waals surface area contributed by atoms with Crippen LogP contribution in [0.4, 0.5) is 13.6 Å². The third kappa shape index (κ3) is 2.49. The van der Waals surface area contributed by atoms with Crippen molar-refractivity contribution in [2.45, 2.75) is 12.0 Å². The largest absolute Gasteiger partial charge is 0.454 e. The molecule has 1 fully saturated rings. The average Bonchev–Trinajstić information content (AvgIpc) is 2.78. The Balaban J connectivity index is 0.00000147. The molecule has 5 nitrogen and oxygen atoms in total. The summed E-state index contributed by atoms with van der Waals surface area (Å²) in [5.41, 5.74) is 0.214. The van der Waals surface area contributed by atoms with Crippen LogP contribution in [0.3, 0.4) is 0 Å². The van der Waals surface area contributed by atoms with Crippen molar-refractivity contribution in [1.29, 1.82) is 0 Å². The maximum Gasteiger partial charge on any atom is 0.408 e. The molecule has 1 aromatic carbocycles. The standard InChI is InChI=1S/C11H8BrF2NO4.ClH/c12-6-2-8-7(18-4-19-8)1-5(6)9-11(13,14)3-17-10(16)15-9;/h1-2,9H,3-4H2,(H,15,16);1H/t9-;/m1./s1. The molecule has 1 amide bonds. The summed E-state index contributed by atoms with van der Waals surface area (Å²) in [6, 6.07) is 1.49.